The molecule has 0 radical (unpaired) electrons. The molecule has 8 heteroatoms. The first-order chi connectivity index (χ1) is 19.1. The fourth-order valence-electron chi connectivity index (χ4n) is 7.62. The molecule has 4 heterocycles. The maximum atomic E-state index is 13.6. The molecule has 226 valence electrons. The number of carbonyl (C=O) groups excluding carboxylic acids is 1. The van der Waals surface area contributed by atoms with Gasteiger partial charge in [0, 0.05) is 58.4 Å². The predicted molar refractivity (Wildman–Crippen MR) is 168 cm³/mol. The van der Waals surface area contributed by atoms with E-state index in [0.717, 1.165) is 70.3 Å². The van der Waals surface area contributed by atoms with Crippen molar-refractivity contribution in [2.75, 3.05) is 66.1 Å². The second-order valence-electron chi connectivity index (χ2n) is 12.5. The van der Waals surface area contributed by atoms with Crippen LogP contribution in [0.3, 0.4) is 0 Å². The first kappa shape index (κ1) is 32.1. The van der Waals surface area contributed by atoms with Crippen molar-refractivity contribution in [2.45, 2.75) is 44.6 Å². The molecule has 4 aliphatic rings. The Kier molecular flexibility index (Phi) is 11.4. The summed E-state index contributed by atoms with van der Waals surface area (Å²) in [7, 11) is 1.69. The van der Waals surface area contributed by atoms with Crippen LogP contribution < -0.4 is 4.74 Å². The number of methoxy groups -OCH3 is 1. The van der Waals surface area contributed by atoms with Crippen molar-refractivity contribution in [3.05, 3.63) is 65.7 Å². The Balaban J connectivity index is 0.00000194. The van der Waals surface area contributed by atoms with Crippen molar-refractivity contribution in [3.63, 3.8) is 0 Å². The summed E-state index contributed by atoms with van der Waals surface area (Å²) in [6, 6.07) is 19.3. The number of likely N-dealkylation sites (tertiary alicyclic amines) is 3. The Morgan fingerprint density at radius 3 is 2.22 bits per heavy atom. The molecule has 2 aromatic rings. The van der Waals surface area contributed by atoms with Crippen LogP contribution in [0.1, 0.15) is 49.1 Å². The van der Waals surface area contributed by atoms with E-state index in [0.29, 0.717) is 24.3 Å². The van der Waals surface area contributed by atoms with Gasteiger partial charge < -0.3 is 24.2 Å². The Hall–Kier alpha value is -1.83. The zero-order chi connectivity index (χ0) is 26.7. The normalized spacial score (nSPS) is 25.2. The SMILES string of the molecule is COc1ccc(CN2CCC3(CCN(C[C@H]4CN(CC5CCOCC5)CC4c4ccccc4)CC3)C2=O)cc1.Cl.Cl. The summed E-state index contributed by atoms with van der Waals surface area (Å²) in [6.07, 6.45) is 5.41. The van der Waals surface area contributed by atoms with E-state index in [-0.39, 0.29) is 30.2 Å². The summed E-state index contributed by atoms with van der Waals surface area (Å²) >= 11 is 0. The lowest BCUT2D eigenvalue weighted by molar-refractivity contribution is -0.139. The fourth-order valence-corrected chi connectivity index (χ4v) is 7.62. The lowest BCUT2D eigenvalue weighted by Crippen LogP contribution is -2.46. The highest BCUT2D eigenvalue weighted by molar-refractivity contribution is 5.86. The molecule has 6 rings (SSSR count). The number of rotatable bonds is 8. The molecule has 2 atom stereocenters. The Labute approximate surface area is 258 Å². The third-order valence-corrected chi connectivity index (χ3v) is 10.0. The molecule has 41 heavy (non-hydrogen) atoms. The third-order valence-electron chi connectivity index (χ3n) is 10.0. The molecule has 4 saturated heterocycles. The number of ether oxygens (including phenoxy) is 2. The molecule has 0 aromatic heterocycles. The number of halogens is 2. The summed E-state index contributed by atoms with van der Waals surface area (Å²) in [5, 5.41) is 0. The van der Waals surface area contributed by atoms with Gasteiger partial charge in [-0.1, -0.05) is 42.5 Å². The molecule has 0 aliphatic carbocycles. The van der Waals surface area contributed by atoms with E-state index in [2.05, 4.69) is 57.2 Å². The maximum Gasteiger partial charge on any atom is 0.229 e. The van der Waals surface area contributed by atoms with Crippen LogP contribution in [0.4, 0.5) is 0 Å². The van der Waals surface area contributed by atoms with Crippen molar-refractivity contribution in [2.24, 2.45) is 17.3 Å². The van der Waals surface area contributed by atoms with Crippen molar-refractivity contribution >= 4 is 30.7 Å². The highest BCUT2D eigenvalue weighted by Gasteiger charge is 2.48. The largest absolute Gasteiger partial charge is 0.497 e. The van der Waals surface area contributed by atoms with Crippen LogP contribution >= 0.6 is 24.8 Å². The second kappa shape index (κ2) is 14.6. The van der Waals surface area contributed by atoms with Crippen molar-refractivity contribution in [3.8, 4) is 5.75 Å². The van der Waals surface area contributed by atoms with Gasteiger partial charge in [-0.3, -0.25) is 4.79 Å². The minimum Gasteiger partial charge on any atom is -0.497 e. The average molecular weight is 605 g/mol. The van der Waals surface area contributed by atoms with Gasteiger partial charge in [0.25, 0.3) is 0 Å². The average Bonchev–Trinajstić information content (AvgIpc) is 3.51. The zero-order valence-electron chi connectivity index (χ0n) is 24.4. The van der Waals surface area contributed by atoms with E-state index in [9.17, 15) is 4.79 Å². The quantitative estimate of drug-likeness (QED) is 0.399. The predicted octanol–water partition coefficient (Wildman–Crippen LogP) is 5.50. The molecule has 6 nitrogen and oxygen atoms in total. The number of hydrogen-bond donors (Lipinski definition) is 0. The lowest BCUT2D eigenvalue weighted by atomic mass is 9.76. The van der Waals surface area contributed by atoms with Crippen LogP contribution in [-0.2, 0) is 16.1 Å². The van der Waals surface area contributed by atoms with Gasteiger partial charge in [0.15, 0.2) is 0 Å². The van der Waals surface area contributed by atoms with Gasteiger partial charge in [-0.2, -0.15) is 0 Å². The highest BCUT2D eigenvalue weighted by Crippen LogP contribution is 2.43. The Morgan fingerprint density at radius 2 is 1.54 bits per heavy atom. The van der Waals surface area contributed by atoms with Crippen molar-refractivity contribution < 1.29 is 14.3 Å². The van der Waals surface area contributed by atoms with Crippen molar-refractivity contribution in [1.29, 1.82) is 0 Å². The Bertz CT molecular complexity index is 1090. The fraction of sp³-hybridized carbons (Fsp3) is 0.606. The minimum atomic E-state index is -0.146. The number of benzene rings is 2. The van der Waals surface area contributed by atoms with E-state index in [1.165, 1.54) is 43.6 Å². The number of amides is 1. The van der Waals surface area contributed by atoms with E-state index in [4.69, 9.17) is 9.47 Å². The van der Waals surface area contributed by atoms with Crippen LogP contribution in [0.15, 0.2) is 54.6 Å². The third kappa shape index (κ3) is 7.40. The zero-order valence-corrected chi connectivity index (χ0v) is 26.1. The van der Waals surface area contributed by atoms with Gasteiger partial charge in [0.1, 0.15) is 5.75 Å². The van der Waals surface area contributed by atoms with E-state index >= 15 is 0 Å². The highest BCUT2D eigenvalue weighted by atomic mass is 35.5. The van der Waals surface area contributed by atoms with Crippen LogP contribution in [0.2, 0.25) is 0 Å². The smallest absolute Gasteiger partial charge is 0.229 e. The van der Waals surface area contributed by atoms with Crippen molar-refractivity contribution in [1.82, 2.24) is 14.7 Å². The molecule has 2 aromatic carbocycles. The Morgan fingerprint density at radius 1 is 0.854 bits per heavy atom. The molecule has 1 amide bonds. The molecule has 0 bridgehead atoms. The summed E-state index contributed by atoms with van der Waals surface area (Å²) in [4.78, 5) is 21.1. The van der Waals surface area contributed by atoms with Crippen LogP contribution in [-0.4, -0.2) is 86.7 Å². The van der Waals surface area contributed by atoms with E-state index < -0.39 is 0 Å². The molecule has 4 fully saturated rings. The molecule has 4 aliphatic heterocycles. The molecule has 1 unspecified atom stereocenters. The van der Waals surface area contributed by atoms with Gasteiger partial charge in [-0.15, -0.1) is 24.8 Å². The van der Waals surface area contributed by atoms with E-state index in [1.54, 1.807) is 7.11 Å². The van der Waals surface area contributed by atoms with Gasteiger partial charge in [0.05, 0.1) is 12.5 Å². The van der Waals surface area contributed by atoms with Gasteiger partial charge >= 0.3 is 0 Å². The monoisotopic (exact) mass is 603 g/mol. The molecular formula is C33H47Cl2N3O3. The first-order valence-electron chi connectivity index (χ1n) is 15.1. The van der Waals surface area contributed by atoms with Crippen LogP contribution in [0, 0.1) is 17.3 Å². The molecular weight excluding hydrogens is 557 g/mol. The second-order valence-corrected chi connectivity index (χ2v) is 12.5. The molecule has 1 spiro atoms. The van der Waals surface area contributed by atoms with Gasteiger partial charge in [-0.25, -0.2) is 0 Å². The summed E-state index contributed by atoms with van der Waals surface area (Å²) < 4.78 is 10.9. The standard InChI is InChI=1S/C33H45N3O3.2ClH/c1-38-30-9-7-26(8-10-30)22-36-18-15-33(32(36)37)13-16-34(17-14-33)23-29-24-35(21-27-11-19-39-20-12-27)25-31(29)28-5-3-2-4-6-28;;/h2-10,27,29,31H,11-25H2,1H3;2*1H/t29-,31?;;/m0../s1. The minimum absolute atomic E-state index is 0. The maximum absolute atomic E-state index is 13.6. The topological polar surface area (TPSA) is 45.2 Å². The summed E-state index contributed by atoms with van der Waals surface area (Å²) in [5.41, 5.74) is 2.52. The van der Waals surface area contributed by atoms with Gasteiger partial charge in [0.2, 0.25) is 5.91 Å². The lowest BCUT2D eigenvalue weighted by Gasteiger charge is -2.39. The van der Waals surface area contributed by atoms with Crippen LogP contribution in [0.5, 0.6) is 5.75 Å². The van der Waals surface area contributed by atoms with E-state index in [1.807, 2.05) is 12.1 Å². The summed E-state index contributed by atoms with van der Waals surface area (Å²) in [5.74, 6) is 3.25. The number of hydrogen-bond acceptors (Lipinski definition) is 5. The number of nitrogens with zero attached hydrogens (tertiary/aromatic N) is 3. The number of carbonyl (C=O) groups is 1. The first-order valence-corrected chi connectivity index (χ1v) is 15.1. The molecule has 0 saturated carbocycles. The van der Waals surface area contributed by atoms with Gasteiger partial charge in [-0.05, 0) is 80.3 Å². The summed E-state index contributed by atoms with van der Waals surface area (Å²) in [6.45, 7) is 10.2. The molecule has 0 N–H and O–H groups in total. The number of piperidine rings is 1. The van der Waals surface area contributed by atoms with Crippen LogP contribution in [0.25, 0.3) is 0 Å².